The lowest BCUT2D eigenvalue weighted by Crippen LogP contribution is -2.40. The van der Waals surface area contributed by atoms with Crippen LogP contribution in [0.3, 0.4) is 0 Å². The number of hydrogen-bond donors (Lipinski definition) is 2. The molecule has 116 valence electrons. The van der Waals surface area contributed by atoms with Crippen molar-refractivity contribution >= 4 is 0 Å². The Hall–Kier alpha value is -0.780. The van der Waals surface area contributed by atoms with Gasteiger partial charge in [0.25, 0.3) is 0 Å². The maximum atomic E-state index is 10.3. The Labute approximate surface area is 128 Å². The first-order valence-corrected chi connectivity index (χ1v) is 8.39. The van der Waals surface area contributed by atoms with E-state index in [-0.39, 0.29) is 16.9 Å². The molecule has 0 aromatic rings. The van der Waals surface area contributed by atoms with Gasteiger partial charge in [-0.2, -0.15) is 0 Å². The molecule has 3 rings (SSSR count). The maximum absolute atomic E-state index is 10.3. The number of allylic oxidation sites excluding steroid dienone is 2. The van der Waals surface area contributed by atoms with Crippen LogP contribution in [0.4, 0.5) is 0 Å². The van der Waals surface area contributed by atoms with Crippen molar-refractivity contribution in [1.82, 2.24) is 0 Å². The van der Waals surface area contributed by atoms with Crippen molar-refractivity contribution in [1.29, 1.82) is 0 Å². The van der Waals surface area contributed by atoms with Crippen molar-refractivity contribution < 1.29 is 10.2 Å². The monoisotopic (exact) mass is 288 g/mol. The van der Waals surface area contributed by atoms with Gasteiger partial charge in [-0.25, -0.2) is 0 Å². The summed E-state index contributed by atoms with van der Waals surface area (Å²) >= 11 is 0. The molecule has 3 aliphatic rings. The minimum absolute atomic E-state index is 0.129. The summed E-state index contributed by atoms with van der Waals surface area (Å²) in [4.78, 5) is 0. The molecule has 2 heteroatoms. The van der Waals surface area contributed by atoms with Crippen molar-refractivity contribution in [3.63, 3.8) is 0 Å². The van der Waals surface area contributed by atoms with Crippen molar-refractivity contribution in [3.05, 3.63) is 11.6 Å². The van der Waals surface area contributed by atoms with Crippen LogP contribution in [0, 0.1) is 28.6 Å². The fourth-order valence-electron chi connectivity index (χ4n) is 4.66. The molecule has 3 atom stereocenters. The van der Waals surface area contributed by atoms with Gasteiger partial charge in [0.15, 0.2) is 0 Å². The van der Waals surface area contributed by atoms with E-state index in [0.717, 1.165) is 25.7 Å². The summed E-state index contributed by atoms with van der Waals surface area (Å²) < 4.78 is 0. The second-order valence-electron chi connectivity index (χ2n) is 8.15. The van der Waals surface area contributed by atoms with Crippen LogP contribution in [0.1, 0.15) is 65.7 Å². The van der Waals surface area contributed by atoms with Crippen molar-refractivity contribution in [3.8, 4) is 11.8 Å². The number of fused-ring (bicyclic) bond motifs is 1. The minimum Gasteiger partial charge on any atom is -0.393 e. The van der Waals surface area contributed by atoms with E-state index < -0.39 is 5.60 Å². The Balaban J connectivity index is 1.79. The smallest absolute Gasteiger partial charge is 0.119 e. The highest BCUT2D eigenvalue weighted by molar-refractivity contribution is 5.36. The van der Waals surface area contributed by atoms with E-state index in [0.29, 0.717) is 5.92 Å². The van der Waals surface area contributed by atoms with Gasteiger partial charge in [0.2, 0.25) is 0 Å². The fraction of sp³-hybridized carbons (Fsp3) is 0.789. The lowest BCUT2D eigenvalue weighted by Gasteiger charge is -2.44. The van der Waals surface area contributed by atoms with Gasteiger partial charge in [-0.1, -0.05) is 30.4 Å². The SMILES string of the molecule is CC(C)(O)C#CCC1(C2=CC[C@H]3[C@@H](O)CCC[C@]23C)CC1. The first-order chi connectivity index (χ1) is 9.77. The van der Waals surface area contributed by atoms with Crippen LogP contribution in [0.2, 0.25) is 0 Å². The van der Waals surface area contributed by atoms with Crippen LogP contribution in [0.15, 0.2) is 11.6 Å². The predicted molar refractivity (Wildman–Crippen MR) is 84.5 cm³/mol. The van der Waals surface area contributed by atoms with E-state index in [2.05, 4.69) is 24.8 Å². The topological polar surface area (TPSA) is 40.5 Å². The second kappa shape index (κ2) is 4.86. The molecule has 0 aliphatic heterocycles. The number of aliphatic hydroxyl groups is 2. The highest BCUT2D eigenvalue weighted by Gasteiger charge is 2.57. The molecule has 2 nitrogen and oxygen atoms in total. The zero-order chi connectivity index (χ0) is 15.3. The molecule has 3 aliphatic carbocycles. The quantitative estimate of drug-likeness (QED) is 0.604. The third-order valence-corrected chi connectivity index (χ3v) is 5.92. The van der Waals surface area contributed by atoms with Crippen LogP contribution in [0.25, 0.3) is 0 Å². The maximum Gasteiger partial charge on any atom is 0.119 e. The summed E-state index contributed by atoms with van der Waals surface area (Å²) in [6, 6.07) is 0. The molecule has 0 heterocycles. The molecular weight excluding hydrogens is 260 g/mol. The molecule has 2 N–H and O–H groups in total. The summed E-state index contributed by atoms with van der Waals surface area (Å²) in [5, 5.41) is 20.1. The van der Waals surface area contributed by atoms with Gasteiger partial charge in [0.05, 0.1) is 6.10 Å². The molecule has 2 saturated carbocycles. The average Bonchev–Trinajstić information content (AvgIpc) is 3.03. The summed E-state index contributed by atoms with van der Waals surface area (Å²) in [6.07, 6.45) is 9.93. The van der Waals surface area contributed by atoms with Crippen LogP contribution >= 0.6 is 0 Å². The number of rotatable bonds is 2. The molecular formula is C19H28O2. The van der Waals surface area contributed by atoms with E-state index in [1.54, 1.807) is 19.4 Å². The van der Waals surface area contributed by atoms with Gasteiger partial charge in [-0.15, -0.1) is 0 Å². The van der Waals surface area contributed by atoms with E-state index in [1.807, 2.05) is 0 Å². The van der Waals surface area contributed by atoms with Crippen molar-refractivity contribution in [2.45, 2.75) is 77.4 Å². The number of hydrogen-bond acceptors (Lipinski definition) is 2. The van der Waals surface area contributed by atoms with Crippen LogP contribution in [0.5, 0.6) is 0 Å². The number of aliphatic hydroxyl groups excluding tert-OH is 1. The second-order valence-corrected chi connectivity index (χ2v) is 8.15. The minimum atomic E-state index is -0.895. The summed E-state index contributed by atoms with van der Waals surface area (Å²) in [6.45, 7) is 5.84. The van der Waals surface area contributed by atoms with E-state index in [9.17, 15) is 10.2 Å². The molecule has 0 aromatic carbocycles. The summed E-state index contributed by atoms with van der Waals surface area (Å²) in [5.74, 6) is 6.61. The Morgan fingerprint density at radius 2 is 2.05 bits per heavy atom. The molecule has 2 fully saturated rings. The van der Waals surface area contributed by atoms with Gasteiger partial charge >= 0.3 is 0 Å². The molecule has 0 saturated heterocycles. The normalized spacial score (nSPS) is 37.3. The van der Waals surface area contributed by atoms with Crippen LogP contribution in [-0.2, 0) is 0 Å². The highest BCUT2D eigenvalue weighted by atomic mass is 16.3. The lowest BCUT2D eigenvalue weighted by molar-refractivity contribution is 0.00690. The summed E-state index contributed by atoms with van der Waals surface area (Å²) in [7, 11) is 0. The molecule has 21 heavy (non-hydrogen) atoms. The highest BCUT2D eigenvalue weighted by Crippen LogP contribution is 2.66. The third-order valence-electron chi connectivity index (χ3n) is 5.92. The molecule has 0 radical (unpaired) electrons. The van der Waals surface area contributed by atoms with Crippen LogP contribution in [-0.4, -0.2) is 21.9 Å². The van der Waals surface area contributed by atoms with Gasteiger partial charge in [0.1, 0.15) is 5.60 Å². The van der Waals surface area contributed by atoms with E-state index >= 15 is 0 Å². The Bertz CT molecular complexity index is 510. The first kappa shape index (κ1) is 15.1. The Morgan fingerprint density at radius 3 is 2.67 bits per heavy atom. The molecule has 0 bridgehead atoms. The van der Waals surface area contributed by atoms with Gasteiger partial charge in [-0.3, -0.25) is 0 Å². The zero-order valence-electron chi connectivity index (χ0n) is 13.6. The Morgan fingerprint density at radius 1 is 1.33 bits per heavy atom. The lowest BCUT2D eigenvalue weighted by atomic mass is 9.62. The molecule has 0 spiro atoms. The largest absolute Gasteiger partial charge is 0.393 e. The molecule has 0 amide bonds. The fourth-order valence-corrected chi connectivity index (χ4v) is 4.66. The standard InChI is InChI=1S/C19H28O2/c1-17(2,21)9-5-11-19(12-13-19)16-8-7-14-15(20)6-4-10-18(14,16)3/h8,14-15,20-21H,4,6-7,10-13H2,1-3H3/t14-,15-,18-/m0/s1. The Kier molecular flexibility index (Phi) is 3.50. The third kappa shape index (κ3) is 2.67. The van der Waals surface area contributed by atoms with Gasteiger partial charge in [0, 0.05) is 11.8 Å². The van der Waals surface area contributed by atoms with E-state index in [1.165, 1.54) is 19.3 Å². The van der Waals surface area contributed by atoms with Gasteiger partial charge < -0.3 is 10.2 Å². The zero-order valence-corrected chi connectivity index (χ0v) is 13.6. The molecule has 0 aromatic heterocycles. The van der Waals surface area contributed by atoms with Crippen LogP contribution < -0.4 is 0 Å². The van der Waals surface area contributed by atoms with Crippen molar-refractivity contribution in [2.75, 3.05) is 0 Å². The van der Waals surface area contributed by atoms with Crippen molar-refractivity contribution in [2.24, 2.45) is 16.7 Å². The first-order valence-electron chi connectivity index (χ1n) is 8.39. The molecule has 0 unspecified atom stereocenters. The van der Waals surface area contributed by atoms with E-state index in [4.69, 9.17) is 0 Å². The summed E-state index contributed by atoms with van der Waals surface area (Å²) in [5.41, 5.74) is 1.11. The predicted octanol–water partition coefficient (Wildman–Crippen LogP) is 3.43. The average molecular weight is 288 g/mol. The van der Waals surface area contributed by atoms with Gasteiger partial charge in [-0.05, 0) is 63.7 Å².